The molecule has 0 aliphatic carbocycles. The fraction of sp³-hybridized carbons (Fsp3) is 0.333. The number of hydrogen-bond donors (Lipinski definition) is 2. The lowest BCUT2D eigenvalue weighted by atomic mass is 10.3. The summed E-state index contributed by atoms with van der Waals surface area (Å²) in [5.74, 6) is -0.551. The number of esters is 1. The van der Waals surface area contributed by atoms with Crippen LogP contribution in [-0.4, -0.2) is 32.8 Å². The normalized spacial score (nSPS) is 10.6. The first-order chi connectivity index (χ1) is 10.1. The highest BCUT2D eigenvalue weighted by molar-refractivity contribution is 7.99. The Hall–Kier alpha value is -2.29. The van der Waals surface area contributed by atoms with Crippen LogP contribution in [-0.2, 0) is 11.3 Å². The molecule has 0 aromatic carbocycles. The van der Waals surface area contributed by atoms with Crippen LogP contribution < -0.4 is 11.4 Å². The van der Waals surface area contributed by atoms with E-state index in [1.165, 1.54) is 17.7 Å². The van der Waals surface area contributed by atoms with Gasteiger partial charge >= 0.3 is 11.7 Å². The topological polar surface area (TPSA) is 116 Å². The highest BCUT2D eigenvalue weighted by Crippen LogP contribution is 2.28. The molecule has 0 saturated carbocycles. The van der Waals surface area contributed by atoms with Gasteiger partial charge in [-0.15, -0.1) is 5.10 Å². The van der Waals surface area contributed by atoms with Crippen molar-refractivity contribution in [2.24, 2.45) is 0 Å². The largest absolute Gasteiger partial charge is 0.464 e. The summed E-state index contributed by atoms with van der Waals surface area (Å²) >= 11 is 1.12. The number of nitrogen functional groups attached to an aromatic ring is 1. The van der Waals surface area contributed by atoms with E-state index in [1.807, 2.05) is 6.92 Å². The maximum absolute atomic E-state index is 11.6. The second kappa shape index (κ2) is 6.44. The molecular weight excluding hydrogens is 294 g/mol. The Morgan fingerprint density at radius 2 is 2.29 bits per heavy atom. The molecular formula is C12H15N5O3S. The van der Waals surface area contributed by atoms with Crippen LogP contribution in [0.4, 0.5) is 5.69 Å². The Balaban J connectivity index is 2.35. The Kier molecular flexibility index (Phi) is 4.63. The van der Waals surface area contributed by atoms with Crippen molar-refractivity contribution in [3.8, 4) is 0 Å². The quantitative estimate of drug-likeness (QED) is 0.788. The van der Waals surface area contributed by atoms with Gasteiger partial charge in [-0.25, -0.2) is 19.7 Å². The summed E-state index contributed by atoms with van der Waals surface area (Å²) in [5.41, 5.74) is 6.10. The monoisotopic (exact) mass is 309 g/mol. The van der Waals surface area contributed by atoms with Gasteiger partial charge in [0.05, 0.1) is 12.8 Å². The predicted octanol–water partition coefficient (Wildman–Crippen LogP) is 0.896. The molecule has 2 rings (SSSR count). The van der Waals surface area contributed by atoms with Crippen LogP contribution in [0.15, 0.2) is 27.1 Å². The molecule has 21 heavy (non-hydrogen) atoms. The summed E-state index contributed by atoms with van der Waals surface area (Å²) in [7, 11) is 1.28. The highest BCUT2D eigenvalue weighted by atomic mass is 32.2. The Morgan fingerprint density at radius 3 is 2.95 bits per heavy atom. The van der Waals surface area contributed by atoms with Crippen LogP contribution >= 0.6 is 11.8 Å². The van der Waals surface area contributed by atoms with Gasteiger partial charge in [-0.05, 0) is 30.3 Å². The highest BCUT2D eigenvalue weighted by Gasteiger charge is 2.15. The van der Waals surface area contributed by atoms with Crippen molar-refractivity contribution >= 4 is 23.4 Å². The van der Waals surface area contributed by atoms with E-state index in [0.717, 1.165) is 18.2 Å². The molecule has 2 aromatic rings. The zero-order valence-electron chi connectivity index (χ0n) is 11.6. The number of H-pyrrole nitrogens is 1. The molecule has 0 unspecified atom stereocenters. The van der Waals surface area contributed by atoms with E-state index in [9.17, 15) is 9.59 Å². The molecule has 0 aliphatic heterocycles. The first-order valence-electron chi connectivity index (χ1n) is 6.24. The number of hydrogen-bond acceptors (Lipinski definition) is 7. The number of ether oxygens (including phenoxy) is 1. The van der Waals surface area contributed by atoms with Gasteiger partial charge < -0.3 is 10.5 Å². The van der Waals surface area contributed by atoms with E-state index in [1.54, 1.807) is 6.07 Å². The summed E-state index contributed by atoms with van der Waals surface area (Å²) in [6.45, 7) is 2.49. The Morgan fingerprint density at radius 1 is 1.52 bits per heavy atom. The number of nitrogens with zero attached hydrogens (tertiary/aromatic N) is 3. The van der Waals surface area contributed by atoms with E-state index in [0.29, 0.717) is 22.4 Å². The number of anilines is 1. The Bertz CT molecular complexity index is 709. The maximum Gasteiger partial charge on any atom is 0.356 e. The molecule has 112 valence electrons. The van der Waals surface area contributed by atoms with Crippen molar-refractivity contribution in [3.63, 3.8) is 0 Å². The molecule has 0 radical (unpaired) electrons. The second-order valence-electron chi connectivity index (χ2n) is 4.15. The first-order valence-corrected chi connectivity index (χ1v) is 7.06. The third-order valence-electron chi connectivity index (χ3n) is 2.64. The lowest BCUT2D eigenvalue weighted by Crippen LogP contribution is -2.17. The molecule has 0 atom stereocenters. The first kappa shape index (κ1) is 15.1. The summed E-state index contributed by atoms with van der Waals surface area (Å²) in [6, 6.07) is 3.05. The van der Waals surface area contributed by atoms with Gasteiger partial charge in [-0.1, -0.05) is 6.92 Å². The molecule has 0 amide bonds. The SMILES string of the molecule is CCCn1c(Sc2nc(C(=O)OC)ccc2N)n[nH]c1=O. The van der Waals surface area contributed by atoms with Crippen molar-refractivity contribution in [3.05, 3.63) is 28.3 Å². The molecule has 9 heteroatoms. The van der Waals surface area contributed by atoms with Crippen LogP contribution in [0.5, 0.6) is 0 Å². The molecule has 8 nitrogen and oxygen atoms in total. The number of aromatic amines is 1. The fourth-order valence-electron chi connectivity index (χ4n) is 1.64. The van der Waals surface area contributed by atoms with Gasteiger partial charge in [0, 0.05) is 6.54 Å². The van der Waals surface area contributed by atoms with Crippen LogP contribution in [0.3, 0.4) is 0 Å². The summed E-state index contributed by atoms with van der Waals surface area (Å²) in [4.78, 5) is 27.3. The fourth-order valence-corrected chi connectivity index (χ4v) is 2.52. The average Bonchev–Trinajstić information content (AvgIpc) is 2.82. The Labute approximate surface area is 124 Å². The van der Waals surface area contributed by atoms with Crippen molar-refractivity contribution in [1.82, 2.24) is 19.7 Å². The predicted molar refractivity (Wildman–Crippen MR) is 77.3 cm³/mol. The number of rotatable bonds is 5. The van der Waals surface area contributed by atoms with E-state index >= 15 is 0 Å². The lowest BCUT2D eigenvalue weighted by Gasteiger charge is -2.07. The van der Waals surface area contributed by atoms with Crippen molar-refractivity contribution in [1.29, 1.82) is 0 Å². The molecule has 0 fully saturated rings. The minimum atomic E-state index is -0.551. The van der Waals surface area contributed by atoms with Gasteiger partial charge in [0.2, 0.25) is 0 Å². The van der Waals surface area contributed by atoms with Crippen molar-refractivity contribution in [2.45, 2.75) is 30.1 Å². The van der Waals surface area contributed by atoms with Crippen molar-refractivity contribution in [2.75, 3.05) is 12.8 Å². The summed E-state index contributed by atoms with van der Waals surface area (Å²) in [5, 5.41) is 7.17. The number of pyridine rings is 1. The van der Waals surface area contributed by atoms with E-state index < -0.39 is 5.97 Å². The minimum Gasteiger partial charge on any atom is -0.464 e. The number of nitrogens with one attached hydrogen (secondary N) is 1. The van der Waals surface area contributed by atoms with E-state index in [4.69, 9.17) is 5.73 Å². The molecule has 3 N–H and O–H groups in total. The zero-order valence-corrected chi connectivity index (χ0v) is 12.4. The van der Waals surface area contributed by atoms with Gasteiger partial charge in [0.1, 0.15) is 10.7 Å². The molecule has 2 heterocycles. The van der Waals surface area contributed by atoms with Crippen LogP contribution in [0.1, 0.15) is 23.8 Å². The number of aromatic nitrogens is 4. The molecule has 0 saturated heterocycles. The molecule has 0 aliphatic rings. The third kappa shape index (κ3) is 3.24. The van der Waals surface area contributed by atoms with Crippen LogP contribution in [0.2, 0.25) is 0 Å². The summed E-state index contributed by atoms with van der Waals surface area (Å²) < 4.78 is 6.12. The van der Waals surface area contributed by atoms with E-state index in [2.05, 4.69) is 19.9 Å². The number of carbonyl (C=O) groups is 1. The van der Waals surface area contributed by atoms with Gasteiger partial charge in [-0.3, -0.25) is 4.57 Å². The van der Waals surface area contributed by atoms with Crippen LogP contribution in [0.25, 0.3) is 0 Å². The standard InChI is InChI=1S/C12H15N5O3S/c1-3-6-17-11(19)15-16-12(17)21-9-7(13)4-5-8(14-9)10(18)20-2/h4-5H,3,6,13H2,1-2H3,(H,15,19). The molecule has 0 bridgehead atoms. The lowest BCUT2D eigenvalue weighted by molar-refractivity contribution is 0.0593. The van der Waals surface area contributed by atoms with E-state index in [-0.39, 0.29) is 11.4 Å². The molecule has 2 aromatic heterocycles. The maximum atomic E-state index is 11.6. The minimum absolute atomic E-state index is 0.147. The zero-order chi connectivity index (χ0) is 15.4. The summed E-state index contributed by atoms with van der Waals surface area (Å²) in [6.07, 6.45) is 0.790. The van der Waals surface area contributed by atoms with Gasteiger partial charge in [-0.2, -0.15) is 0 Å². The van der Waals surface area contributed by atoms with Crippen LogP contribution in [0, 0.1) is 0 Å². The third-order valence-corrected chi connectivity index (χ3v) is 3.66. The molecule has 0 spiro atoms. The number of methoxy groups -OCH3 is 1. The average molecular weight is 309 g/mol. The van der Waals surface area contributed by atoms with Gasteiger partial charge in [0.25, 0.3) is 0 Å². The number of carbonyl (C=O) groups excluding carboxylic acids is 1. The smallest absolute Gasteiger partial charge is 0.356 e. The second-order valence-corrected chi connectivity index (χ2v) is 5.10. The van der Waals surface area contributed by atoms with Crippen molar-refractivity contribution < 1.29 is 9.53 Å². The number of nitrogens with two attached hydrogens (primary N) is 1. The van der Waals surface area contributed by atoms with Gasteiger partial charge in [0.15, 0.2) is 5.16 Å².